The first-order valence-electron chi connectivity index (χ1n) is 13.9. The molecule has 1 amide bonds. The van der Waals surface area contributed by atoms with Gasteiger partial charge in [0.05, 0.1) is 0 Å². The Bertz CT molecular complexity index is 1310. The minimum atomic E-state index is -0.0884. The molecule has 5 rings (SSSR count). The number of hydrogen-bond donors (Lipinski definition) is 2. The molecule has 3 aromatic rings. The Balaban J connectivity index is 1.21. The number of nitrogens with zero attached hydrogens (tertiary/aromatic N) is 1. The van der Waals surface area contributed by atoms with E-state index in [-0.39, 0.29) is 11.4 Å². The minimum Gasteiger partial charge on any atom is -0.360 e. The summed E-state index contributed by atoms with van der Waals surface area (Å²) in [6.45, 7) is 5.16. The lowest BCUT2D eigenvalue weighted by Gasteiger charge is -2.32. The van der Waals surface area contributed by atoms with Crippen molar-refractivity contribution in [1.29, 1.82) is 0 Å². The van der Waals surface area contributed by atoms with Gasteiger partial charge in [0.15, 0.2) is 0 Å². The molecule has 6 heteroatoms. The van der Waals surface area contributed by atoms with Gasteiger partial charge in [0.1, 0.15) is 11.8 Å². The van der Waals surface area contributed by atoms with E-state index in [9.17, 15) is 9.59 Å². The monoisotopic (exact) mass is 539 g/mol. The van der Waals surface area contributed by atoms with Crippen molar-refractivity contribution in [2.45, 2.75) is 70.0 Å². The third-order valence-corrected chi connectivity index (χ3v) is 8.74. The van der Waals surface area contributed by atoms with Gasteiger partial charge < -0.3 is 10.6 Å². The van der Waals surface area contributed by atoms with Gasteiger partial charge in [0, 0.05) is 40.7 Å². The molecular formula is C33H37N3O2S. The summed E-state index contributed by atoms with van der Waals surface area (Å²) in [4.78, 5) is 26.4. The Morgan fingerprint density at radius 3 is 2.46 bits per heavy atom. The maximum absolute atomic E-state index is 13.0. The number of aldehydes is 1. The van der Waals surface area contributed by atoms with Crippen LogP contribution in [0.2, 0.25) is 0 Å². The van der Waals surface area contributed by atoms with E-state index >= 15 is 0 Å². The molecule has 1 fully saturated rings. The topological polar surface area (TPSA) is 61.4 Å². The third kappa shape index (κ3) is 6.81. The molecule has 0 bridgehead atoms. The molecule has 2 N–H and O–H groups in total. The average molecular weight is 540 g/mol. The van der Waals surface area contributed by atoms with Gasteiger partial charge in [0.25, 0.3) is 5.91 Å². The van der Waals surface area contributed by atoms with Crippen LogP contribution in [0.15, 0.2) is 78.2 Å². The molecule has 0 aromatic heterocycles. The quantitative estimate of drug-likeness (QED) is 0.274. The SMILES string of the molecule is CC(C)N(Cc1ccc(C=O)cc1)C1NC(c2cccc(NC(=O)c3ccc(C4CCCCC4)cc3)c2)=CS1. The number of carbonyl (C=O) groups is 2. The number of hydrogen-bond acceptors (Lipinski definition) is 5. The Kier molecular flexibility index (Phi) is 8.84. The molecule has 39 heavy (non-hydrogen) atoms. The van der Waals surface area contributed by atoms with E-state index in [4.69, 9.17) is 0 Å². The van der Waals surface area contributed by atoms with Crippen molar-refractivity contribution < 1.29 is 9.59 Å². The molecule has 1 atom stereocenters. The summed E-state index contributed by atoms with van der Waals surface area (Å²) >= 11 is 1.75. The Morgan fingerprint density at radius 1 is 1.03 bits per heavy atom. The Hall–Kier alpha value is -3.35. The number of rotatable bonds is 9. The van der Waals surface area contributed by atoms with Gasteiger partial charge in [0.2, 0.25) is 0 Å². The second-order valence-corrected chi connectivity index (χ2v) is 11.7. The van der Waals surface area contributed by atoms with Crippen molar-refractivity contribution in [2.75, 3.05) is 5.32 Å². The number of amides is 1. The lowest BCUT2D eigenvalue weighted by atomic mass is 9.84. The summed E-state index contributed by atoms with van der Waals surface area (Å²) in [6.07, 6.45) is 7.34. The van der Waals surface area contributed by atoms with Crippen molar-refractivity contribution >= 4 is 35.3 Å². The van der Waals surface area contributed by atoms with Crippen molar-refractivity contribution in [3.05, 3.63) is 106 Å². The zero-order valence-corrected chi connectivity index (χ0v) is 23.5. The van der Waals surface area contributed by atoms with Crippen LogP contribution in [0.3, 0.4) is 0 Å². The van der Waals surface area contributed by atoms with Crippen molar-refractivity contribution in [3.8, 4) is 0 Å². The minimum absolute atomic E-state index is 0.0884. The maximum Gasteiger partial charge on any atom is 0.255 e. The molecule has 1 unspecified atom stereocenters. The zero-order valence-electron chi connectivity index (χ0n) is 22.7. The fourth-order valence-electron chi connectivity index (χ4n) is 5.41. The van der Waals surface area contributed by atoms with Crippen molar-refractivity contribution in [1.82, 2.24) is 10.2 Å². The standard InChI is InChI=1S/C33H37N3O2S/c1-23(2)36(20-24-11-13-25(21-37)14-12-24)33-35-31(22-39-33)29-9-6-10-30(19-29)34-32(38)28-17-15-27(16-18-28)26-7-4-3-5-8-26/h6,9-19,21-23,26,33,35H,3-5,7-8,20H2,1-2H3,(H,34,38). The number of thioether (sulfide) groups is 1. The molecular weight excluding hydrogens is 502 g/mol. The second-order valence-electron chi connectivity index (χ2n) is 10.8. The first-order valence-corrected chi connectivity index (χ1v) is 14.9. The largest absolute Gasteiger partial charge is 0.360 e. The molecule has 1 aliphatic heterocycles. The van der Waals surface area contributed by atoms with Crippen molar-refractivity contribution in [3.63, 3.8) is 0 Å². The van der Waals surface area contributed by atoms with Crippen LogP contribution in [0, 0.1) is 0 Å². The van der Waals surface area contributed by atoms with Gasteiger partial charge in [-0.25, -0.2) is 0 Å². The molecule has 5 nitrogen and oxygen atoms in total. The average Bonchev–Trinajstić information content (AvgIpc) is 3.47. The third-order valence-electron chi connectivity index (χ3n) is 7.72. The van der Waals surface area contributed by atoms with Crippen LogP contribution in [-0.4, -0.2) is 28.6 Å². The first kappa shape index (κ1) is 27.2. The van der Waals surface area contributed by atoms with Crippen LogP contribution in [0.5, 0.6) is 0 Å². The molecule has 0 radical (unpaired) electrons. The van der Waals surface area contributed by atoms with Crippen LogP contribution in [0.4, 0.5) is 5.69 Å². The van der Waals surface area contributed by atoms with Crippen LogP contribution in [0.25, 0.3) is 5.70 Å². The van der Waals surface area contributed by atoms with Gasteiger partial charge in [-0.1, -0.05) is 79.6 Å². The lowest BCUT2D eigenvalue weighted by molar-refractivity contribution is 0.102. The highest BCUT2D eigenvalue weighted by atomic mass is 32.2. The molecule has 0 spiro atoms. The lowest BCUT2D eigenvalue weighted by Crippen LogP contribution is -2.43. The maximum atomic E-state index is 13.0. The highest BCUT2D eigenvalue weighted by Gasteiger charge is 2.26. The highest BCUT2D eigenvalue weighted by molar-refractivity contribution is 8.03. The first-order chi connectivity index (χ1) is 19.0. The summed E-state index contributed by atoms with van der Waals surface area (Å²) in [6, 6.07) is 24.3. The number of benzene rings is 3. The van der Waals surface area contributed by atoms with Gasteiger partial charge in [-0.05, 0) is 73.4 Å². The van der Waals surface area contributed by atoms with E-state index in [1.165, 1.54) is 43.2 Å². The number of nitrogens with one attached hydrogen (secondary N) is 2. The predicted molar refractivity (Wildman–Crippen MR) is 162 cm³/mol. The van der Waals surface area contributed by atoms with Crippen LogP contribution < -0.4 is 10.6 Å². The molecule has 3 aromatic carbocycles. The number of anilines is 1. The summed E-state index contributed by atoms with van der Waals surface area (Å²) in [5.74, 6) is 0.547. The van der Waals surface area contributed by atoms with Gasteiger partial charge in [-0.2, -0.15) is 0 Å². The molecule has 0 saturated heterocycles. The zero-order chi connectivity index (χ0) is 27.2. The van der Waals surface area contributed by atoms with Crippen molar-refractivity contribution in [2.24, 2.45) is 0 Å². The van der Waals surface area contributed by atoms with Crippen LogP contribution in [0.1, 0.15) is 89.3 Å². The summed E-state index contributed by atoms with van der Waals surface area (Å²) in [7, 11) is 0. The highest BCUT2D eigenvalue weighted by Crippen LogP contribution is 2.34. The summed E-state index contributed by atoms with van der Waals surface area (Å²) < 4.78 is 0. The molecule has 1 saturated carbocycles. The second kappa shape index (κ2) is 12.7. The van der Waals surface area contributed by atoms with E-state index in [2.05, 4.69) is 53.0 Å². The fraction of sp³-hybridized carbons (Fsp3) is 0.333. The van der Waals surface area contributed by atoms with E-state index in [0.29, 0.717) is 23.1 Å². The molecule has 1 aliphatic carbocycles. The Morgan fingerprint density at radius 2 is 1.77 bits per heavy atom. The predicted octanol–water partition coefficient (Wildman–Crippen LogP) is 7.63. The van der Waals surface area contributed by atoms with E-state index < -0.39 is 0 Å². The van der Waals surface area contributed by atoms with E-state index in [1.54, 1.807) is 11.8 Å². The van der Waals surface area contributed by atoms with Gasteiger partial charge in [-0.3, -0.25) is 14.5 Å². The van der Waals surface area contributed by atoms with E-state index in [0.717, 1.165) is 29.8 Å². The van der Waals surface area contributed by atoms with Gasteiger partial charge >= 0.3 is 0 Å². The van der Waals surface area contributed by atoms with Crippen LogP contribution >= 0.6 is 11.8 Å². The smallest absolute Gasteiger partial charge is 0.255 e. The Labute approximate surface area is 236 Å². The normalized spacial score (nSPS) is 17.6. The summed E-state index contributed by atoms with van der Waals surface area (Å²) in [5, 5.41) is 8.89. The molecule has 202 valence electrons. The summed E-state index contributed by atoms with van der Waals surface area (Å²) in [5.41, 5.74) is 6.84. The van der Waals surface area contributed by atoms with E-state index in [1.807, 2.05) is 54.6 Å². The van der Waals surface area contributed by atoms with Gasteiger partial charge in [-0.15, -0.1) is 0 Å². The fourth-order valence-corrected chi connectivity index (χ4v) is 6.54. The number of carbonyl (C=O) groups excluding carboxylic acids is 2. The molecule has 2 aliphatic rings. The van der Waals surface area contributed by atoms with Crippen LogP contribution in [-0.2, 0) is 6.54 Å². The molecule has 1 heterocycles.